The maximum atomic E-state index is 10.9. The van der Waals surface area contributed by atoms with Gasteiger partial charge in [-0.3, -0.25) is 4.79 Å². The van der Waals surface area contributed by atoms with Crippen molar-refractivity contribution in [2.45, 2.75) is 20.8 Å². The number of carbonyl (C=O) groups is 1. The van der Waals surface area contributed by atoms with E-state index in [4.69, 9.17) is 11.6 Å². The highest BCUT2D eigenvalue weighted by molar-refractivity contribution is 6.32. The van der Waals surface area contributed by atoms with E-state index in [1.54, 1.807) is 6.92 Å². The predicted octanol–water partition coefficient (Wildman–Crippen LogP) is 2.10. The molecule has 0 saturated carbocycles. The van der Waals surface area contributed by atoms with Crippen molar-refractivity contribution in [2.24, 2.45) is 0 Å². The lowest BCUT2D eigenvalue weighted by atomic mass is 10.3. The van der Waals surface area contributed by atoms with Crippen LogP contribution in [0.1, 0.15) is 30.0 Å². The number of halogens is 1. The largest absolute Gasteiger partial charge is 0.356 e. The first-order valence-electron chi connectivity index (χ1n) is 4.88. The van der Waals surface area contributed by atoms with Crippen LogP contribution in [0.5, 0.6) is 0 Å². The molecule has 4 nitrogen and oxygen atoms in total. The Labute approximate surface area is 94.3 Å². The molecule has 0 aliphatic rings. The fraction of sp³-hybridized carbons (Fsp3) is 0.500. The molecule has 0 atom stereocenters. The van der Waals surface area contributed by atoms with E-state index >= 15 is 0 Å². The minimum atomic E-state index is 0.222. The van der Waals surface area contributed by atoms with Gasteiger partial charge < -0.3 is 4.90 Å². The molecule has 0 spiro atoms. The fourth-order valence-electron chi connectivity index (χ4n) is 1.40. The lowest BCUT2D eigenvalue weighted by Crippen LogP contribution is -2.25. The highest BCUT2D eigenvalue weighted by Gasteiger charge is 2.14. The maximum absolute atomic E-state index is 10.9. The van der Waals surface area contributed by atoms with Crippen LogP contribution < -0.4 is 4.90 Å². The standard InChI is InChI=1S/C10H14ClN3O/c1-4-14(5-2)10-8(6-15)9(11)12-7(3)13-10/h6H,4-5H2,1-3H3. The molecule has 0 radical (unpaired) electrons. The molecule has 5 heteroatoms. The van der Waals surface area contributed by atoms with Gasteiger partial charge in [0.1, 0.15) is 16.8 Å². The number of carbonyl (C=O) groups excluding carboxylic acids is 1. The van der Waals surface area contributed by atoms with Gasteiger partial charge in [0, 0.05) is 13.1 Å². The zero-order chi connectivity index (χ0) is 11.4. The summed E-state index contributed by atoms with van der Waals surface area (Å²) < 4.78 is 0. The quantitative estimate of drug-likeness (QED) is 0.584. The molecule has 1 rings (SSSR count). The number of anilines is 1. The topological polar surface area (TPSA) is 46.1 Å². The monoisotopic (exact) mass is 227 g/mol. The minimum absolute atomic E-state index is 0.222. The Balaban J connectivity index is 3.30. The summed E-state index contributed by atoms with van der Waals surface area (Å²) >= 11 is 5.88. The highest BCUT2D eigenvalue weighted by Crippen LogP contribution is 2.22. The number of nitrogens with zero attached hydrogens (tertiary/aromatic N) is 3. The molecule has 0 aromatic carbocycles. The number of hydrogen-bond donors (Lipinski definition) is 0. The summed E-state index contributed by atoms with van der Waals surface area (Å²) in [4.78, 5) is 21.1. The van der Waals surface area contributed by atoms with Crippen molar-refractivity contribution in [3.63, 3.8) is 0 Å². The molecule has 1 heterocycles. The Morgan fingerprint density at radius 2 is 1.93 bits per heavy atom. The predicted molar refractivity (Wildman–Crippen MR) is 60.7 cm³/mol. The summed E-state index contributed by atoms with van der Waals surface area (Å²) in [6.45, 7) is 7.33. The van der Waals surface area contributed by atoms with Gasteiger partial charge in [-0.05, 0) is 20.8 Å². The van der Waals surface area contributed by atoms with Crippen molar-refractivity contribution in [1.29, 1.82) is 0 Å². The molecule has 1 aromatic heterocycles. The average Bonchev–Trinajstić information content (AvgIpc) is 2.19. The molecular weight excluding hydrogens is 214 g/mol. The summed E-state index contributed by atoms with van der Waals surface area (Å²) in [5, 5.41) is 0.222. The van der Waals surface area contributed by atoms with Crippen LogP contribution in [-0.2, 0) is 0 Å². The number of hydrogen-bond acceptors (Lipinski definition) is 4. The van der Waals surface area contributed by atoms with Crippen LogP contribution in [0.3, 0.4) is 0 Å². The van der Waals surface area contributed by atoms with Crippen LogP contribution >= 0.6 is 11.6 Å². The molecule has 0 saturated heterocycles. The van der Waals surface area contributed by atoms with E-state index in [1.807, 2.05) is 18.7 Å². The van der Waals surface area contributed by atoms with E-state index in [2.05, 4.69) is 9.97 Å². The van der Waals surface area contributed by atoms with Crippen molar-refractivity contribution < 1.29 is 4.79 Å². The van der Waals surface area contributed by atoms with Crippen molar-refractivity contribution >= 4 is 23.7 Å². The maximum Gasteiger partial charge on any atom is 0.156 e. The molecule has 0 unspecified atom stereocenters. The van der Waals surface area contributed by atoms with Crippen molar-refractivity contribution in [3.8, 4) is 0 Å². The molecule has 82 valence electrons. The van der Waals surface area contributed by atoms with E-state index in [-0.39, 0.29) is 5.15 Å². The summed E-state index contributed by atoms with van der Waals surface area (Å²) in [6.07, 6.45) is 0.704. The number of aromatic nitrogens is 2. The van der Waals surface area contributed by atoms with Gasteiger partial charge in [-0.15, -0.1) is 0 Å². The SMILES string of the molecule is CCN(CC)c1nc(C)nc(Cl)c1C=O. The van der Waals surface area contributed by atoms with Gasteiger partial charge in [0.2, 0.25) is 0 Å². The molecule has 1 aromatic rings. The number of aldehydes is 1. The molecule has 0 aliphatic carbocycles. The van der Waals surface area contributed by atoms with E-state index in [9.17, 15) is 4.79 Å². The van der Waals surface area contributed by atoms with Crippen LogP contribution in [0, 0.1) is 6.92 Å². The van der Waals surface area contributed by atoms with Gasteiger partial charge in [0.15, 0.2) is 6.29 Å². The van der Waals surface area contributed by atoms with Gasteiger partial charge in [-0.1, -0.05) is 11.6 Å². The number of rotatable bonds is 4. The Hall–Kier alpha value is -1.16. The second-order valence-corrected chi connectivity index (χ2v) is 3.45. The molecule has 0 bridgehead atoms. The Bertz CT molecular complexity index is 364. The van der Waals surface area contributed by atoms with E-state index in [0.29, 0.717) is 23.5 Å². The van der Waals surface area contributed by atoms with E-state index in [1.165, 1.54) is 0 Å². The van der Waals surface area contributed by atoms with Gasteiger partial charge in [-0.2, -0.15) is 0 Å². The molecular formula is C10H14ClN3O. The average molecular weight is 228 g/mol. The molecule has 0 N–H and O–H groups in total. The van der Waals surface area contributed by atoms with Crippen LogP contribution in [0.25, 0.3) is 0 Å². The summed E-state index contributed by atoms with van der Waals surface area (Å²) in [7, 11) is 0. The zero-order valence-corrected chi connectivity index (χ0v) is 9.88. The zero-order valence-electron chi connectivity index (χ0n) is 9.12. The van der Waals surface area contributed by atoms with Crippen LogP contribution in [0.2, 0.25) is 5.15 Å². The lowest BCUT2D eigenvalue weighted by Gasteiger charge is -2.21. The first-order chi connectivity index (χ1) is 7.13. The van der Waals surface area contributed by atoms with Crippen LogP contribution in [-0.4, -0.2) is 29.3 Å². The smallest absolute Gasteiger partial charge is 0.156 e. The third kappa shape index (κ3) is 2.45. The minimum Gasteiger partial charge on any atom is -0.356 e. The van der Waals surface area contributed by atoms with Gasteiger partial charge in [0.05, 0.1) is 5.56 Å². The van der Waals surface area contributed by atoms with Gasteiger partial charge in [0.25, 0.3) is 0 Å². The van der Waals surface area contributed by atoms with E-state index in [0.717, 1.165) is 13.1 Å². The highest BCUT2D eigenvalue weighted by atomic mass is 35.5. The first-order valence-corrected chi connectivity index (χ1v) is 5.26. The molecule has 0 fully saturated rings. The summed E-state index contributed by atoms with van der Waals surface area (Å²) in [6, 6.07) is 0. The second kappa shape index (κ2) is 5.07. The van der Waals surface area contributed by atoms with Crippen molar-refractivity contribution in [1.82, 2.24) is 9.97 Å². The normalized spacial score (nSPS) is 10.1. The summed E-state index contributed by atoms with van der Waals surface area (Å²) in [5.74, 6) is 1.19. The third-order valence-electron chi connectivity index (χ3n) is 2.17. The lowest BCUT2D eigenvalue weighted by molar-refractivity contribution is 0.112. The van der Waals surface area contributed by atoms with E-state index < -0.39 is 0 Å². The summed E-state index contributed by atoms with van der Waals surface area (Å²) in [5.41, 5.74) is 0.367. The van der Waals surface area contributed by atoms with Gasteiger partial charge >= 0.3 is 0 Å². The molecule has 0 aliphatic heterocycles. The first kappa shape index (κ1) is 11.9. The Morgan fingerprint density at radius 1 is 1.33 bits per heavy atom. The van der Waals surface area contributed by atoms with Crippen molar-refractivity contribution in [3.05, 3.63) is 16.5 Å². The molecule has 0 amide bonds. The van der Waals surface area contributed by atoms with Crippen molar-refractivity contribution in [2.75, 3.05) is 18.0 Å². The van der Waals surface area contributed by atoms with Crippen LogP contribution in [0.4, 0.5) is 5.82 Å². The third-order valence-corrected chi connectivity index (χ3v) is 2.46. The molecule has 15 heavy (non-hydrogen) atoms. The van der Waals surface area contributed by atoms with Gasteiger partial charge in [-0.25, -0.2) is 9.97 Å². The number of aryl methyl sites for hydroxylation is 1. The Morgan fingerprint density at radius 3 is 2.40 bits per heavy atom. The fourth-order valence-corrected chi connectivity index (χ4v) is 1.65. The second-order valence-electron chi connectivity index (χ2n) is 3.09. The van der Waals surface area contributed by atoms with Crippen LogP contribution in [0.15, 0.2) is 0 Å². The Kier molecular flexibility index (Phi) is 4.03.